The van der Waals surface area contributed by atoms with Crippen molar-refractivity contribution in [2.45, 2.75) is 52.0 Å². The van der Waals surface area contributed by atoms with E-state index >= 15 is 0 Å². The van der Waals surface area contributed by atoms with E-state index in [1.54, 1.807) is 0 Å². The van der Waals surface area contributed by atoms with E-state index in [2.05, 4.69) is 85.1 Å². The van der Waals surface area contributed by atoms with E-state index in [9.17, 15) is 4.79 Å². The molecule has 1 fully saturated rings. The summed E-state index contributed by atoms with van der Waals surface area (Å²) in [6, 6.07) is 15.8. The zero-order valence-electron chi connectivity index (χ0n) is 21.0. The average molecular weight is 448 g/mol. The van der Waals surface area contributed by atoms with Crippen molar-refractivity contribution in [2.75, 3.05) is 46.8 Å². The van der Waals surface area contributed by atoms with Gasteiger partial charge in [0, 0.05) is 24.7 Å². The van der Waals surface area contributed by atoms with Gasteiger partial charge in [0.1, 0.15) is 0 Å². The molecule has 0 N–H and O–H groups in total. The Morgan fingerprint density at radius 2 is 1.55 bits per heavy atom. The lowest BCUT2D eigenvalue weighted by Gasteiger charge is -2.38. The van der Waals surface area contributed by atoms with Crippen LogP contribution in [-0.4, -0.2) is 73.5 Å². The number of aryl methyl sites for hydroxylation is 2. The molecule has 2 aromatic carbocycles. The molecule has 0 atom stereocenters. The predicted molar refractivity (Wildman–Crippen MR) is 137 cm³/mol. The molecule has 4 nitrogen and oxygen atoms in total. The van der Waals surface area contributed by atoms with Crippen molar-refractivity contribution in [1.29, 1.82) is 0 Å². The number of fused-ring (bicyclic) bond motifs is 1. The van der Waals surface area contributed by atoms with Crippen LogP contribution in [0.3, 0.4) is 0 Å². The van der Waals surface area contributed by atoms with Crippen molar-refractivity contribution in [1.82, 2.24) is 14.7 Å². The Kier molecular flexibility index (Phi) is 7.87. The van der Waals surface area contributed by atoms with Crippen LogP contribution in [-0.2, 0) is 12.8 Å². The van der Waals surface area contributed by atoms with Crippen LogP contribution in [0.4, 0.5) is 0 Å². The molecule has 1 aliphatic heterocycles. The van der Waals surface area contributed by atoms with Crippen molar-refractivity contribution in [3.05, 3.63) is 70.3 Å². The van der Waals surface area contributed by atoms with Gasteiger partial charge in [0.25, 0.3) is 5.91 Å². The third-order valence-corrected chi connectivity index (χ3v) is 7.46. The van der Waals surface area contributed by atoms with Crippen molar-refractivity contribution in [3.8, 4) is 0 Å². The van der Waals surface area contributed by atoms with E-state index in [1.807, 2.05) is 0 Å². The lowest BCUT2D eigenvalue weighted by molar-refractivity contribution is 0.0660. The van der Waals surface area contributed by atoms with Crippen molar-refractivity contribution in [3.63, 3.8) is 0 Å². The van der Waals surface area contributed by atoms with E-state index in [0.717, 1.165) is 55.8 Å². The van der Waals surface area contributed by atoms with Crippen LogP contribution in [0.1, 0.15) is 51.9 Å². The molecule has 1 saturated heterocycles. The van der Waals surface area contributed by atoms with Gasteiger partial charge in [-0.15, -0.1) is 0 Å². The minimum atomic E-state index is 0.203. The molecule has 33 heavy (non-hydrogen) atoms. The molecule has 4 rings (SSSR count). The van der Waals surface area contributed by atoms with Gasteiger partial charge in [-0.3, -0.25) is 9.69 Å². The summed E-state index contributed by atoms with van der Waals surface area (Å²) in [5.74, 6) is 0.800. The largest absolute Gasteiger partial charge is 0.338 e. The minimum Gasteiger partial charge on any atom is -0.338 e. The van der Waals surface area contributed by atoms with Gasteiger partial charge in [-0.1, -0.05) is 41.5 Å². The highest BCUT2D eigenvalue weighted by atomic mass is 16.2. The van der Waals surface area contributed by atoms with E-state index in [-0.39, 0.29) is 5.91 Å². The van der Waals surface area contributed by atoms with Gasteiger partial charge in [-0.25, -0.2) is 0 Å². The molecule has 0 unspecified atom stereocenters. The lowest BCUT2D eigenvalue weighted by Crippen LogP contribution is -2.45. The molecule has 178 valence electrons. The van der Waals surface area contributed by atoms with Crippen LogP contribution in [0.5, 0.6) is 0 Å². The summed E-state index contributed by atoms with van der Waals surface area (Å²) >= 11 is 0. The number of benzene rings is 2. The second-order valence-electron chi connectivity index (χ2n) is 10.6. The van der Waals surface area contributed by atoms with Crippen LogP contribution in [0.25, 0.3) is 0 Å². The van der Waals surface area contributed by atoms with Crippen molar-refractivity contribution < 1.29 is 4.79 Å². The average Bonchev–Trinajstić information content (AvgIpc) is 3.22. The summed E-state index contributed by atoms with van der Waals surface area (Å²) in [5.41, 5.74) is 6.25. The number of carbonyl (C=O) groups excluding carboxylic acids is 1. The topological polar surface area (TPSA) is 26.8 Å². The van der Waals surface area contributed by atoms with E-state index < -0.39 is 0 Å². The number of amides is 1. The summed E-state index contributed by atoms with van der Waals surface area (Å²) in [5, 5.41) is 0. The first kappa shape index (κ1) is 24.0. The summed E-state index contributed by atoms with van der Waals surface area (Å²) in [7, 11) is 4.21. The number of carbonyl (C=O) groups is 1. The van der Waals surface area contributed by atoms with Crippen LogP contribution in [0.2, 0.25) is 0 Å². The molecule has 0 radical (unpaired) electrons. The fourth-order valence-electron chi connectivity index (χ4n) is 5.74. The van der Waals surface area contributed by atoms with Crippen molar-refractivity contribution in [2.24, 2.45) is 5.92 Å². The highest BCUT2D eigenvalue weighted by Crippen LogP contribution is 2.29. The van der Waals surface area contributed by atoms with Gasteiger partial charge in [0.2, 0.25) is 0 Å². The zero-order chi connectivity index (χ0) is 23.4. The fourth-order valence-corrected chi connectivity index (χ4v) is 5.74. The second kappa shape index (κ2) is 10.8. The van der Waals surface area contributed by atoms with Crippen LogP contribution in [0, 0.1) is 19.8 Å². The van der Waals surface area contributed by atoms with Crippen molar-refractivity contribution >= 4 is 5.91 Å². The van der Waals surface area contributed by atoms with Gasteiger partial charge in [0.05, 0.1) is 0 Å². The predicted octanol–water partition coefficient (Wildman–Crippen LogP) is 4.58. The molecule has 4 heteroatoms. The number of likely N-dealkylation sites (tertiary alicyclic amines) is 1. The Hall–Kier alpha value is -2.17. The number of hydrogen-bond donors (Lipinski definition) is 0. The molecule has 1 amide bonds. The van der Waals surface area contributed by atoms with Crippen LogP contribution in [0.15, 0.2) is 42.5 Å². The number of nitrogens with zero attached hydrogens (tertiary/aromatic N) is 3. The maximum absolute atomic E-state index is 13.5. The maximum atomic E-state index is 13.5. The van der Waals surface area contributed by atoms with Gasteiger partial charge >= 0.3 is 0 Å². The summed E-state index contributed by atoms with van der Waals surface area (Å²) in [6.07, 6.45) is 5.79. The molecule has 2 aliphatic rings. The summed E-state index contributed by atoms with van der Waals surface area (Å²) in [4.78, 5) is 20.6. The highest BCUT2D eigenvalue weighted by Gasteiger charge is 2.31. The number of piperidine rings is 1. The Bertz CT molecular complexity index is 900. The Labute approximate surface area is 200 Å². The Morgan fingerprint density at radius 3 is 2.12 bits per heavy atom. The van der Waals surface area contributed by atoms with Gasteiger partial charge in [0.15, 0.2) is 0 Å². The summed E-state index contributed by atoms with van der Waals surface area (Å²) in [6.45, 7) is 9.21. The molecular formula is C29H41N3O. The third kappa shape index (κ3) is 6.24. The van der Waals surface area contributed by atoms with Crippen LogP contribution >= 0.6 is 0 Å². The zero-order valence-corrected chi connectivity index (χ0v) is 21.0. The van der Waals surface area contributed by atoms with Gasteiger partial charge < -0.3 is 9.80 Å². The van der Waals surface area contributed by atoms with Crippen LogP contribution < -0.4 is 0 Å². The molecule has 0 aromatic heterocycles. The lowest BCUT2D eigenvalue weighted by atomic mass is 9.94. The minimum absolute atomic E-state index is 0.203. The quantitative estimate of drug-likeness (QED) is 0.593. The standard InChI is InChI=1S/C29H41N3O/c1-22-16-23(2)18-27(17-22)29(33)32(13-7-12-30(3)4)21-24-10-14-31(15-11-24)28-19-25-8-5-6-9-26(25)20-28/h5-6,8-9,16-18,24,28H,7,10-15,19-21H2,1-4H3. The van der Waals surface area contributed by atoms with E-state index in [4.69, 9.17) is 0 Å². The monoisotopic (exact) mass is 447 g/mol. The second-order valence-corrected chi connectivity index (χ2v) is 10.6. The molecular weight excluding hydrogens is 406 g/mol. The molecule has 1 heterocycles. The molecule has 1 aliphatic carbocycles. The first-order valence-corrected chi connectivity index (χ1v) is 12.7. The molecule has 0 bridgehead atoms. The van der Waals surface area contributed by atoms with Gasteiger partial charge in [-0.2, -0.15) is 0 Å². The van der Waals surface area contributed by atoms with E-state index in [1.165, 1.54) is 36.8 Å². The highest BCUT2D eigenvalue weighted by molar-refractivity contribution is 5.94. The Morgan fingerprint density at radius 1 is 0.939 bits per heavy atom. The third-order valence-electron chi connectivity index (χ3n) is 7.46. The summed E-state index contributed by atoms with van der Waals surface area (Å²) < 4.78 is 0. The first-order chi connectivity index (χ1) is 15.9. The normalized spacial score (nSPS) is 17.5. The smallest absolute Gasteiger partial charge is 0.253 e. The number of hydrogen-bond acceptors (Lipinski definition) is 3. The SMILES string of the molecule is Cc1cc(C)cc(C(=O)N(CCCN(C)C)CC2CCN(C3Cc4ccccc4C3)CC2)c1. The molecule has 2 aromatic rings. The maximum Gasteiger partial charge on any atom is 0.253 e. The van der Waals surface area contributed by atoms with Gasteiger partial charge in [-0.05, 0) is 109 Å². The first-order valence-electron chi connectivity index (χ1n) is 12.7. The molecule has 0 spiro atoms. The van der Waals surface area contributed by atoms with E-state index in [0.29, 0.717) is 12.0 Å². The fraction of sp³-hybridized carbons (Fsp3) is 0.552. The Balaban J connectivity index is 1.36. The molecule has 0 saturated carbocycles. The number of rotatable bonds is 8.